The Labute approximate surface area is 130 Å². The van der Waals surface area contributed by atoms with E-state index in [1.807, 2.05) is 0 Å². The highest BCUT2D eigenvalue weighted by atomic mass is 79.9. The highest BCUT2D eigenvalue weighted by Gasteiger charge is 2.32. The van der Waals surface area contributed by atoms with Crippen LogP contribution in [0.1, 0.15) is 31.9 Å². The van der Waals surface area contributed by atoms with E-state index in [2.05, 4.69) is 57.1 Å². The van der Waals surface area contributed by atoms with Gasteiger partial charge in [-0.05, 0) is 68.3 Å². The molecule has 3 unspecified atom stereocenters. The molecule has 0 bridgehead atoms. The van der Waals surface area contributed by atoms with Crippen LogP contribution in [0.4, 0.5) is 0 Å². The lowest BCUT2D eigenvalue weighted by atomic mass is 9.81. The number of ether oxygens (including phenoxy) is 1. The standard InChI is InChI=1S/C13H19Br2NOS/c1-3-16-12(9-4-5-17-7-8(9)2)10-6-11(14)18-13(10)15/h6,8-9,12,16H,3-5,7H2,1-2H3. The van der Waals surface area contributed by atoms with E-state index >= 15 is 0 Å². The third kappa shape index (κ3) is 3.37. The normalized spacial score (nSPS) is 26.2. The van der Waals surface area contributed by atoms with Gasteiger partial charge in [-0.2, -0.15) is 0 Å². The van der Waals surface area contributed by atoms with E-state index in [0.29, 0.717) is 17.9 Å². The van der Waals surface area contributed by atoms with Crippen LogP contribution < -0.4 is 5.32 Å². The molecular weight excluding hydrogens is 378 g/mol. The van der Waals surface area contributed by atoms with Gasteiger partial charge in [-0.1, -0.05) is 13.8 Å². The summed E-state index contributed by atoms with van der Waals surface area (Å²) in [5.74, 6) is 1.25. The number of hydrogen-bond donors (Lipinski definition) is 1. The van der Waals surface area contributed by atoms with Gasteiger partial charge in [-0.15, -0.1) is 11.3 Å². The Bertz CT molecular complexity index is 396. The molecule has 2 heterocycles. The maximum absolute atomic E-state index is 5.57. The van der Waals surface area contributed by atoms with Crippen molar-refractivity contribution in [2.24, 2.45) is 11.8 Å². The second-order valence-electron chi connectivity index (χ2n) is 4.82. The van der Waals surface area contributed by atoms with E-state index in [0.717, 1.165) is 26.2 Å². The third-order valence-electron chi connectivity index (χ3n) is 3.58. The summed E-state index contributed by atoms with van der Waals surface area (Å²) >= 11 is 9.02. The van der Waals surface area contributed by atoms with Crippen LogP contribution in [0.5, 0.6) is 0 Å². The fourth-order valence-electron chi connectivity index (χ4n) is 2.67. The molecule has 1 saturated heterocycles. The number of rotatable bonds is 4. The minimum atomic E-state index is 0.422. The summed E-state index contributed by atoms with van der Waals surface area (Å²) < 4.78 is 7.99. The zero-order valence-electron chi connectivity index (χ0n) is 10.7. The lowest BCUT2D eigenvalue weighted by Crippen LogP contribution is -2.36. The Balaban J connectivity index is 2.24. The molecule has 1 N–H and O–H groups in total. The molecule has 1 aromatic heterocycles. The minimum absolute atomic E-state index is 0.422. The van der Waals surface area contributed by atoms with E-state index in [1.165, 1.54) is 13.1 Å². The molecule has 1 aromatic rings. The minimum Gasteiger partial charge on any atom is -0.381 e. The predicted molar refractivity (Wildman–Crippen MR) is 84.2 cm³/mol. The molecule has 1 aliphatic heterocycles. The monoisotopic (exact) mass is 395 g/mol. The van der Waals surface area contributed by atoms with Gasteiger partial charge in [0.25, 0.3) is 0 Å². The maximum atomic E-state index is 5.57. The van der Waals surface area contributed by atoms with Gasteiger partial charge in [-0.3, -0.25) is 0 Å². The Kier molecular flexibility index (Phi) is 5.69. The second-order valence-corrected chi connectivity index (χ2v) is 8.57. The topological polar surface area (TPSA) is 21.3 Å². The number of halogens is 2. The van der Waals surface area contributed by atoms with E-state index < -0.39 is 0 Å². The molecule has 0 aliphatic carbocycles. The van der Waals surface area contributed by atoms with Crippen molar-refractivity contribution >= 4 is 43.2 Å². The van der Waals surface area contributed by atoms with Gasteiger partial charge in [0.2, 0.25) is 0 Å². The summed E-state index contributed by atoms with van der Waals surface area (Å²) in [5.41, 5.74) is 1.38. The smallest absolute Gasteiger partial charge is 0.0758 e. The summed E-state index contributed by atoms with van der Waals surface area (Å²) in [4.78, 5) is 0. The highest BCUT2D eigenvalue weighted by Crippen LogP contribution is 2.41. The Hall–Kier alpha value is 0.580. The molecule has 102 valence electrons. The van der Waals surface area contributed by atoms with Crippen LogP contribution in [0.2, 0.25) is 0 Å². The van der Waals surface area contributed by atoms with Gasteiger partial charge < -0.3 is 10.1 Å². The van der Waals surface area contributed by atoms with E-state index in [-0.39, 0.29) is 0 Å². The van der Waals surface area contributed by atoms with Crippen LogP contribution in [0.15, 0.2) is 13.6 Å². The van der Waals surface area contributed by atoms with Crippen molar-refractivity contribution in [2.45, 2.75) is 26.3 Å². The first-order valence-electron chi connectivity index (χ1n) is 6.39. The molecule has 0 spiro atoms. The molecule has 3 atom stereocenters. The molecular formula is C13H19Br2NOS. The average Bonchev–Trinajstić information content (AvgIpc) is 2.66. The number of thiophene rings is 1. The zero-order valence-corrected chi connectivity index (χ0v) is 14.7. The van der Waals surface area contributed by atoms with Gasteiger partial charge in [0.15, 0.2) is 0 Å². The largest absolute Gasteiger partial charge is 0.381 e. The molecule has 0 aromatic carbocycles. The van der Waals surface area contributed by atoms with Gasteiger partial charge in [0, 0.05) is 19.3 Å². The van der Waals surface area contributed by atoms with Crippen LogP contribution >= 0.6 is 43.2 Å². The molecule has 2 rings (SSSR count). The fourth-order valence-corrected chi connectivity index (χ4v) is 5.60. The van der Waals surface area contributed by atoms with Crippen molar-refractivity contribution in [3.8, 4) is 0 Å². The zero-order chi connectivity index (χ0) is 13.1. The van der Waals surface area contributed by atoms with Crippen molar-refractivity contribution in [1.82, 2.24) is 5.32 Å². The van der Waals surface area contributed by atoms with Crippen LogP contribution in [-0.2, 0) is 4.74 Å². The molecule has 1 fully saturated rings. The highest BCUT2D eigenvalue weighted by molar-refractivity contribution is 9.12. The Morgan fingerprint density at radius 3 is 2.89 bits per heavy atom. The van der Waals surface area contributed by atoms with Crippen molar-refractivity contribution < 1.29 is 4.74 Å². The average molecular weight is 397 g/mol. The predicted octanol–water partition coefficient (Wildman–Crippen LogP) is 4.60. The summed E-state index contributed by atoms with van der Waals surface area (Å²) in [7, 11) is 0. The molecule has 1 aliphatic rings. The quantitative estimate of drug-likeness (QED) is 0.802. The van der Waals surface area contributed by atoms with Gasteiger partial charge in [0.05, 0.1) is 7.57 Å². The molecule has 5 heteroatoms. The van der Waals surface area contributed by atoms with Gasteiger partial charge >= 0.3 is 0 Å². The fraction of sp³-hybridized carbons (Fsp3) is 0.692. The first kappa shape index (κ1) is 15.0. The van der Waals surface area contributed by atoms with E-state index in [4.69, 9.17) is 4.74 Å². The lowest BCUT2D eigenvalue weighted by molar-refractivity contribution is 0.0107. The van der Waals surface area contributed by atoms with Crippen molar-refractivity contribution in [3.05, 3.63) is 19.2 Å². The first-order chi connectivity index (χ1) is 8.63. The lowest BCUT2D eigenvalue weighted by Gasteiger charge is -2.35. The van der Waals surface area contributed by atoms with Crippen LogP contribution in [0.25, 0.3) is 0 Å². The molecule has 2 nitrogen and oxygen atoms in total. The van der Waals surface area contributed by atoms with E-state index in [1.54, 1.807) is 11.3 Å². The van der Waals surface area contributed by atoms with Crippen LogP contribution in [-0.4, -0.2) is 19.8 Å². The summed E-state index contributed by atoms with van der Waals surface area (Å²) in [6.45, 7) is 7.24. The summed E-state index contributed by atoms with van der Waals surface area (Å²) in [5, 5.41) is 3.65. The van der Waals surface area contributed by atoms with Gasteiger partial charge in [-0.25, -0.2) is 0 Å². The molecule has 0 saturated carbocycles. The van der Waals surface area contributed by atoms with Crippen molar-refractivity contribution in [1.29, 1.82) is 0 Å². The van der Waals surface area contributed by atoms with Crippen LogP contribution in [0, 0.1) is 11.8 Å². The summed E-state index contributed by atoms with van der Waals surface area (Å²) in [6.07, 6.45) is 1.14. The SMILES string of the molecule is CCNC(c1cc(Br)sc1Br)C1CCOCC1C. The van der Waals surface area contributed by atoms with Crippen molar-refractivity contribution in [3.63, 3.8) is 0 Å². The summed E-state index contributed by atoms with van der Waals surface area (Å²) in [6, 6.07) is 2.66. The molecule has 18 heavy (non-hydrogen) atoms. The molecule has 0 amide bonds. The number of hydrogen-bond acceptors (Lipinski definition) is 3. The van der Waals surface area contributed by atoms with Crippen LogP contribution in [0.3, 0.4) is 0 Å². The van der Waals surface area contributed by atoms with Gasteiger partial charge in [0.1, 0.15) is 0 Å². The Morgan fingerprint density at radius 1 is 1.56 bits per heavy atom. The molecule has 0 radical (unpaired) electrons. The van der Waals surface area contributed by atoms with Crippen molar-refractivity contribution in [2.75, 3.05) is 19.8 Å². The second kappa shape index (κ2) is 6.84. The number of nitrogens with one attached hydrogen (secondary N) is 1. The van der Waals surface area contributed by atoms with E-state index in [9.17, 15) is 0 Å². The maximum Gasteiger partial charge on any atom is 0.0758 e. The Morgan fingerprint density at radius 2 is 2.33 bits per heavy atom. The first-order valence-corrected chi connectivity index (χ1v) is 8.79. The third-order valence-corrected chi connectivity index (χ3v) is 5.96.